The Labute approximate surface area is 140 Å². The van der Waals surface area contributed by atoms with Crippen LogP contribution < -0.4 is 15.5 Å². The minimum absolute atomic E-state index is 0.0250. The molecule has 24 heavy (non-hydrogen) atoms. The van der Waals surface area contributed by atoms with Gasteiger partial charge in [0.2, 0.25) is 0 Å². The lowest BCUT2D eigenvalue weighted by molar-refractivity contribution is -0.862. The third kappa shape index (κ3) is 5.89. The van der Waals surface area contributed by atoms with E-state index in [-0.39, 0.29) is 48.3 Å². The molecule has 3 N–H and O–H groups in total. The van der Waals surface area contributed by atoms with E-state index < -0.39 is 9.84 Å². The number of rotatable bonds is 6. The van der Waals surface area contributed by atoms with E-state index in [1.54, 1.807) is 7.05 Å². The zero-order valence-corrected chi connectivity index (χ0v) is 14.2. The van der Waals surface area contributed by atoms with Crippen LogP contribution in [-0.2, 0) is 19.4 Å². The fourth-order valence-electron chi connectivity index (χ4n) is 2.54. The zero-order chi connectivity index (χ0) is 17.7. The first kappa shape index (κ1) is 18.3. The molecule has 0 radical (unpaired) electrons. The Bertz CT molecular complexity index is 706. The number of quaternary nitrogens is 1. The predicted octanol–water partition coefficient (Wildman–Crippen LogP) is -1.42. The molecule has 1 unspecified atom stereocenters. The molecule has 0 aromatic heterocycles. The third-order valence-corrected chi connectivity index (χ3v) is 5.42. The molecule has 2 amide bonds. The van der Waals surface area contributed by atoms with E-state index in [0.717, 1.165) is 0 Å². The average Bonchev–Trinajstić information content (AvgIpc) is 2.79. The lowest BCUT2D eigenvalue weighted by atomic mass is 10.2. The molecule has 7 nitrogen and oxygen atoms in total. The molecule has 1 fully saturated rings. The standard InChI is InChI=1S/C15H20FN3O4S/c1-19(8-14(20)17-12-4-2-11(16)3-5-12)9-15(21)18-13-6-7-24(22,23)10-13/h2-5,13H,6-10H2,1H3,(H,17,20)(H,18,21)/p+1/t13-/m1/s1. The Hall–Kier alpha value is -2.00. The van der Waals surface area contributed by atoms with E-state index in [2.05, 4.69) is 10.6 Å². The first-order chi connectivity index (χ1) is 11.2. The summed E-state index contributed by atoms with van der Waals surface area (Å²) in [6, 6.07) is 5.05. The topological polar surface area (TPSA) is 96.8 Å². The van der Waals surface area contributed by atoms with Gasteiger partial charge in [0.1, 0.15) is 5.82 Å². The Balaban J connectivity index is 1.73. The zero-order valence-electron chi connectivity index (χ0n) is 13.3. The smallest absolute Gasteiger partial charge is 0.279 e. The molecule has 1 aliphatic heterocycles. The van der Waals surface area contributed by atoms with Gasteiger partial charge in [0.25, 0.3) is 11.8 Å². The minimum atomic E-state index is -3.04. The van der Waals surface area contributed by atoms with E-state index >= 15 is 0 Å². The van der Waals surface area contributed by atoms with Gasteiger partial charge in [0, 0.05) is 11.7 Å². The van der Waals surface area contributed by atoms with Gasteiger partial charge in [0.05, 0.1) is 18.6 Å². The van der Waals surface area contributed by atoms with Crippen molar-refractivity contribution in [2.24, 2.45) is 0 Å². The van der Waals surface area contributed by atoms with Crippen LogP contribution in [0.15, 0.2) is 24.3 Å². The fraction of sp³-hybridized carbons (Fsp3) is 0.467. The third-order valence-electron chi connectivity index (χ3n) is 3.65. The number of carbonyl (C=O) groups excluding carboxylic acids is 2. The van der Waals surface area contributed by atoms with E-state index in [1.807, 2.05) is 0 Å². The van der Waals surface area contributed by atoms with Crippen molar-refractivity contribution in [3.8, 4) is 0 Å². The predicted molar refractivity (Wildman–Crippen MR) is 86.9 cm³/mol. The molecule has 132 valence electrons. The first-order valence-electron chi connectivity index (χ1n) is 7.60. The van der Waals surface area contributed by atoms with Gasteiger partial charge in [-0.15, -0.1) is 0 Å². The molecule has 0 bridgehead atoms. The van der Waals surface area contributed by atoms with Crippen molar-refractivity contribution < 1.29 is 27.3 Å². The number of benzene rings is 1. The SMILES string of the molecule is C[NH+](CC(=O)Nc1ccc(F)cc1)CC(=O)N[C@@H]1CCS(=O)(=O)C1. The summed E-state index contributed by atoms with van der Waals surface area (Å²) in [5, 5.41) is 5.30. The molecule has 1 saturated heterocycles. The largest absolute Gasteiger partial charge is 0.347 e. The van der Waals surface area contributed by atoms with Crippen LogP contribution in [-0.4, -0.2) is 57.9 Å². The number of hydrogen-bond donors (Lipinski definition) is 3. The number of halogens is 1. The highest BCUT2D eigenvalue weighted by Gasteiger charge is 2.29. The molecule has 1 aromatic rings. The summed E-state index contributed by atoms with van der Waals surface area (Å²) >= 11 is 0. The molecule has 0 saturated carbocycles. The van der Waals surface area contributed by atoms with Crippen molar-refractivity contribution in [2.75, 3.05) is 37.0 Å². The molecule has 1 aliphatic rings. The van der Waals surface area contributed by atoms with Gasteiger partial charge in [-0.05, 0) is 30.7 Å². The maximum Gasteiger partial charge on any atom is 0.279 e. The minimum Gasteiger partial charge on any atom is -0.347 e. The van der Waals surface area contributed by atoms with Crippen molar-refractivity contribution in [2.45, 2.75) is 12.5 Å². The van der Waals surface area contributed by atoms with Gasteiger partial charge in [-0.3, -0.25) is 9.59 Å². The van der Waals surface area contributed by atoms with Crippen LogP contribution in [0.5, 0.6) is 0 Å². The summed E-state index contributed by atoms with van der Waals surface area (Å²) in [4.78, 5) is 24.4. The van der Waals surface area contributed by atoms with E-state index in [4.69, 9.17) is 0 Å². The first-order valence-corrected chi connectivity index (χ1v) is 9.42. The number of amides is 2. The van der Waals surface area contributed by atoms with Crippen LogP contribution in [0.1, 0.15) is 6.42 Å². The van der Waals surface area contributed by atoms with E-state index in [0.29, 0.717) is 17.0 Å². The van der Waals surface area contributed by atoms with Crippen molar-refractivity contribution in [3.63, 3.8) is 0 Å². The van der Waals surface area contributed by atoms with Gasteiger partial charge in [-0.1, -0.05) is 0 Å². The van der Waals surface area contributed by atoms with Crippen molar-refractivity contribution in [1.29, 1.82) is 0 Å². The lowest BCUT2D eigenvalue weighted by Crippen LogP contribution is -3.11. The summed E-state index contributed by atoms with van der Waals surface area (Å²) in [6.45, 7) is 0.126. The Morgan fingerprint density at radius 3 is 2.42 bits per heavy atom. The number of nitrogens with one attached hydrogen (secondary N) is 3. The van der Waals surface area contributed by atoms with E-state index in [9.17, 15) is 22.4 Å². The van der Waals surface area contributed by atoms with Crippen molar-refractivity contribution in [1.82, 2.24) is 5.32 Å². The van der Waals surface area contributed by atoms with Gasteiger partial charge in [0.15, 0.2) is 22.9 Å². The Morgan fingerprint density at radius 1 is 1.21 bits per heavy atom. The summed E-state index contributed by atoms with van der Waals surface area (Å²) in [7, 11) is -1.35. The van der Waals surface area contributed by atoms with Crippen LogP contribution in [0, 0.1) is 5.82 Å². The number of likely N-dealkylation sites (N-methyl/N-ethyl adjacent to an activating group) is 1. The molecule has 2 atom stereocenters. The summed E-state index contributed by atoms with van der Waals surface area (Å²) in [5.74, 6) is -0.898. The number of carbonyl (C=O) groups is 2. The number of sulfone groups is 1. The van der Waals surface area contributed by atoms with Gasteiger partial charge >= 0.3 is 0 Å². The second-order valence-corrected chi connectivity index (χ2v) is 8.26. The normalized spacial score (nSPS) is 20.3. The van der Waals surface area contributed by atoms with Gasteiger partial charge in [-0.25, -0.2) is 12.8 Å². The Kier molecular flexibility index (Phi) is 5.89. The quantitative estimate of drug-likeness (QED) is 0.582. The molecule has 0 aliphatic carbocycles. The van der Waals surface area contributed by atoms with Crippen molar-refractivity contribution in [3.05, 3.63) is 30.1 Å². The Morgan fingerprint density at radius 2 is 1.83 bits per heavy atom. The number of hydrogen-bond acceptors (Lipinski definition) is 4. The van der Waals surface area contributed by atoms with Crippen LogP contribution in [0.2, 0.25) is 0 Å². The molecule has 0 spiro atoms. The summed E-state index contributed by atoms with van der Waals surface area (Å²) < 4.78 is 35.5. The van der Waals surface area contributed by atoms with Crippen LogP contribution in [0.4, 0.5) is 10.1 Å². The fourth-order valence-corrected chi connectivity index (χ4v) is 4.21. The molecule has 2 rings (SSSR count). The highest BCUT2D eigenvalue weighted by Crippen LogP contribution is 2.10. The van der Waals surface area contributed by atoms with Gasteiger partial charge in [-0.2, -0.15) is 0 Å². The monoisotopic (exact) mass is 358 g/mol. The van der Waals surface area contributed by atoms with Gasteiger partial charge < -0.3 is 15.5 Å². The molecular formula is C15H21FN3O4S+. The second kappa shape index (κ2) is 7.71. The number of anilines is 1. The lowest BCUT2D eigenvalue weighted by Gasteiger charge is -2.15. The summed E-state index contributed by atoms with van der Waals surface area (Å²) in [5.41, 5.74) is 0.481. The highest BCUT2D eigenvalue weighted by molar-refractivity contribution is 7.91. The van der Waals surface area contributed by atoms with Crippen LogP contribution in [0.25, 0.3) is 0 Å². The molecule has 9 heteroatoms. The van der Waals surface area contributed by atoms with Crippen LogP contribution in [0.3, 0.4) is 0 Å². The van der Waals surface area contributed by atoms with Crippen molar-refractivity contribution >= 4 is 27.3 Å². The van der Waals surface area contributed by atoms with E-state index in [1.165, 1.54) is 24.3 Å². The second-order valence-electron chi connectivity index (χ2n) is 6.03. The highest BCUT2D eigenvalue weighted by atomic mass is 32.2. The maximum absolute atomic E-state index is 12.8. The maximum atomic E-state index is 12.8. The molecule has 1 aromatic carbocycles. The molecule has 1 heterocycles. The average molecular weight is 358 g/mol. The van der Waals surface area contributed by atoms with Crippen LogP contribution >= 0.6 is 0 Å². The molecular weight excluding hydrogens is 337 g/mol. The summed E-state index contributed by atoms with van der Waals surface area (Å²) in [6.07, 6.45) is 0.429.